The van der Waals surface area contributed by atoms with Crippen LogP contribution < -0.4 is 4.90 Å². The molecule has 7 nitrogen and oxygen atoms in total. The number of nitrogens with zero attached hydrogens (tertiary/aromatic N) is 6. The average Bonchev–Trinajstić information content (AvgIpc) is 3.10. The summed E-state index contributed by atoms with van der Waals surface area (Å²) in [7, 11) is 6.41. The Hall–Kier alpha value is -2.22. The molecular formula is C23H34N6O. The van der Waals surface area contributed by atoms with E-state index in [1.807, 2.05) is 6.92 Å². The molecule has 1 fully saturated rings. The highest BCUT2D eigenvalue weighted by molar-refractivity contribution is 6.07. The van der Waals surface area contributed by atoms with E-state index >= 15 is 0 Å². The second kappa shape index (κ2) is 8.88. The summed E-state index contributed by atoms with van der Waals surface area (Å²) in [6.07, 6.45) is 0. The zero-order valence-corrected chi connectivity index (χ0v) is 18.9. The molecule has 0 radical (unpaired) electrons. The highest BCUT2D eigenvalue weighted by Crippen LogP contribution is 2.33. The molecule has 30 heavy (non-hydrogen) atoms. The number of para-hydroxylation sites is 1. The van der Waals surface area contributed by atoms with Crippen molar-refractivity contribution in [3.05, 3.63) is 30.1 Å². The second-order valence-electron chi connectivity index (χ2n) is 8.55. The Labute approximate surface area is 179 Å². The molecule has 0 amide bonds. The van der Waals surface area contributed by atoms with Crippen LogP contribution in [-0.4, -0.2) is 84.3 Å². The molecule has 0 unspecified atom stereocenters. The summed E-state index contributed by atoms with van der Waals surface area (Å²) in [5.74, 6) is 1.99. The summed E-state index contributed by atoms with van der Waals surface area (Å²) < 4.78 is 8.13. The van der Waals surface area contributed by atoms with E-state index < -0.39 is 0 Å². The smallest absolute Gasteiger partial charge is 0.157 e. The summed E-state index contributed by atoms with van der Waals surface area (Å²) in [5, 5.41) is 1.16. The molecule has 0 bridgehead atoms. The van der Waals surface area contributed by atoms with Gasteiger partial charge in [0.15, 0.2) is 5.82 Å². The highest BCUT2D eigenvalue weighted by Gasteiger charge is 2.26. The Kier molecular flexibility index (Phi) is 6.22. The van der Waals surface area contributed by atoms with Gasteiger partial charge in [-0.25, -0.2) is 9.97 Å². The number of rotatable bonds is 7. The first kappa shape index (κ1) is 21.0. The Morgan fingerprint density at radius 1 is 1.17 bits per heavy atom. The Morgan fingerprint density at radius 2 is 1.97 bits per heavy atom. The van der Waals surface area contributed by atoms with Crippen molar-refractivity contribution in [3.63, 3.8) is 0 Å². The van der Waals surface area contributed by atoms with Gasteiger partial charge < -0.3 is 24.0 Å². The van der Waals surface area contributed by atoms with Crippen molar-refractivity contribution in [2.45, 2.75) is 33.0 Å². The van der Waals surface area contributed by atoms with Crippen molar-refractivity contribution < 1.29 is 4.74 Å². The lowest BCUT2D eigenvalue weighted by Gasteiger charge is -2.38. The van der Waals surface area contributed by atoms with Crippen LogP contribution in [0.15, 0.2) is 24.3 Å². The molecule has 1 saturated heterocycles. The molecule has 0 saturated carbocycles. The van der Waals surface area contributed by atoms with Crippen molar-refractivity contribution in [1.82, 2.24) is 24.3 Å². The third-order valence-corrected chi connectivity index (χ3v) is 6.11. The van der Waals surface area contributed by atoms with Crippen LogP contribution in [0.4, 0.5) is 5.82 Å². The van der Waals surface area contributed by atoms with Gasteiger partial charge in [-0.05, 0) is 41.1 Å². The summed E-state index contributed by atoms with van der Waals surface area (Å²) in [5.41, 5.74) is 3.21. The largest absolute Gasteiger partial charge is 0.374 e. The number of imidazole rings is 1. The molecule has 162 valence electrons. The fourth-order valence-electron chi connectivity index (χ4n) is 4.17. The lowest BCUT2D eigenvalue weighted by atomic mass is 10.1. The zero-order valence-electron chi connectivity index (χ0n) is 18.9. The first-order valence-electron chi connectivity index (χ1n) is 10.9. The number of ether oxygens (including phenoxy) is 1. The minimum atomic E-state index is 0.487. The molecule has 4 rings (SSSR count). The molecule has 0 N–H and O–H groups in total. The van der Waals surface area contributed by atoms with Crippen LogP contribution in [0.2, 0.25) is 0 Å². The molecule has 1 atom stereocenters. The minimum absolute atomic E-state index is 0.487. The van der Waals surface area contributed by atoms with Crippen molar-refractivity contribution in [1.29, 1.82) is 0 Å². The lowest BCUT2D eigenvalue weighted by molar-refractivity contribution is 0.125. The predicted octanol–water partition coefficient (Wildman–Crippen LogP) is 2.82. The highest BCUT2D eigenvalue weighted by atomic mass is 16.5. The van der Waals surface area contributed by atoms with Crippen LogP contribution in [0.25, 0.3) is 21.9 Å². The van der Waals surface area contributed by atoms with Gasteiger partial charge in [0, 0.05) is 50.8 Å². The topological polar surface area (TPSA) is 49.7 Å². The summed E-state index contributed by atoms with van der Waals surface area (Å²) in [4.78, 5) is 17.2. The van der Waals surface area contributed by atoms with Gasteiger partial charge >= 0.3 is 0 Å². The summed E-state index contributed by atoms with van der Waals surface area (Å²) in [6.45, 7) is 10.3. The van der Waals surface area contributed by atoms with Gasteiger partial charge in [-0.3, -0.25) is 0 Å². The lowest BCUT2D eigenvalue weighted by Crippen LogP contribution is -2.50. The fourth-order valence-corrected chi connectivity index (χ4v) is 4.17. The zero-order chi connectivity index (χ0) is 21.3. The van der Waals surface area contributed by atoms with Crippen LogP contribution in [-0.2, 0) is 17.9 Å². The summed E-state index contributed by atoms with van der Waals surface area (Å²) in [6, 6.07) is 8.93. The minimum Gasteiger partial charge on any atom is -0.374 e. The maximum atomic E-state index is 5.79. The first-order chi connectivity index (χ1) is 14.5. The summed E-state index contributed by atoms with van der Waals surface area (Å²) >= 11 is 0. The number of likely N-dealkylation sites (N-methyl/N-ethyl adjacent to an activating group) is 2. The van der Waals surface area contributed by atoms with Gasteiger partial charge in [0.05, 0.1) is 11.0 Å². The van der Waals surface area contributed by atoms with Crippen molar-refractivity contribution >= 4 is 27.8 Å². The van der Waals surface area contributed by atoms with Crippen LogP contribution in [0.1, 0.15) is 19.7 Å². The third-order valence-electron chi connectivity index (χ3n) is 6.11. The van der Waals surface area contributed by atoms with Gasteiger partial charge in [0.1, 0.15) is 17.9 Å². The van der Waals surface area contributed by atoms with Gasteiger partial charge in [-0.2, -0.15) is 0 Å². The number of hydrogen-bond acceptors (Lipinski definition) is 6. The molecule has 7 heteroatoms. The Bertz CT molecular complexity index is 1010. The van der Waals surface area contributed by atoms with E-state index in [0.29, 0.717) is 19.3 Å². The molecule has 2 aromatic heterocycles. The monoisotopic (exact) mass is 410 g/mol. The van der Waals surface area contributed by atoms with E-state index in [0.717, 1.165) is 60.8 Å². The van der Waals surface area contributed by atoms with Crippen LogP contribution >= 0.6 is 0 Å². The number of hydrogen-bond donors (Lipinski definition) is 0. The maximum absolute atomic E-state index is 5.79. The molecule has 1 aliphatic rings. The molecule has 3 heterocycles. The molecule has 1 aliphatic heterocycles. The van der Waals surface area contributed by atoms with E-state index in [2.05, 4.69) is 71.6 Å². The number of piperazine rings is 1. The fraction of sp³-hybridized carbons (Fsp3) is 0.565. The van der Waals surface area contributed by atoms with Crippen molar-refractivity contribution in [2.24, 2.45) is 0 Å². The molecular weight excluding hydrogens is 376 g/mol. The van der Waals surface area contributed by atoms with Crippen molar-refractivity contribution in [2.75, 3.05) is 58.8 Å². The number of benzene rings is 1. The molecule has 1 aromatic carbocycles. The quantitative estimate of drug-likeness (QED) is 0.597. The Balaban J connectivity index is 1.91. The van der Waals surface area contributed by atoms with Gasteiger partial charge in [-0.15, -0.1) is 0 Å². The second-order valence-corrected chi connectivity index (χ2v) is 8.55. The van der Waals surface area contributed by atoms with Crippen LogP contribution in [0, 0.1) is 0 Å². The van der Waals surface area contributed by atoms with E-state index in [9.17, 15) is 0 Å². The van der Waals surface area contributed by atoms with E-state index in [-0.39, 0.29) is 0 Å². The molecule has 0 spiro atoms. The number of fused-ring (bicyclic) bond motifs is 3. The number of pyridine rings is 1. The predicted molar refractivity (Wildman–Crippen MR) is 123 cm³/mol. The number of anilines is 1. The SMILES string of the molecule is CCOCc1nc2c(N3CCN(C)[C@H](C)C3)nc3ccccc3c2n1CCN(C)C. The van der Waals surface area contributed by atoms with E-state index in [1.54, 1.807) is 0 Å². The average molecular weight is 411 g/mol. The third kappa shape index (κ3) is 4.02. The van der Waals surface area contributed by atoms with Gasteiger partial charge in [-0.1, -0.05) is 18.2 Å². The Morgan fingerprint density at radius 3 is 2.70 bits per heavy atom. The van der Waals surface area contributed by atoms with Crippen LogP contribution in [0.3, 0.4) is 0 Å². The van der Waals surface area contributed by atoms with Gasteiger partial charge in [0.25, 0.3) is 0 Å². The van der Waals surface area contributed by atoms with Gasteiger partial charge in [0.2, 0.25) is 0 Å². The molecule has 0 aliphatic carbocycles. The van der Waals surface area contributed by atoms with E-state index in [4.69, 9.17) is 14.7 Å². The van der Waals surface area contributed by atoms with Crippen molar-refractivity contribution in [3.8, 4) is 0 Å². The first-order valence-corrected chi connectivity index (χ1v) is 10.9. The van der Waals surface area contributed by atoms with E-state index in [1.165, 1.54) is 5.52 Å². The molecule has 3 aromatic rings. The number of aromatic nitrogens is 3. The maximum Gasteiger partial charge on any atom is 0.157 e. The standard InChI is InChI=1S/C23H34N6O/c1-6-30-16-20-25-21-22(29(20)14-11-26(3)4)18-9-7-8-10-19(18)24-23(21)28-13-12-27(5)17(2)15-28/h7-10,17H,6,11-16H2,1-5H3/t17-/m1/s1. The van der Waals surface area contributed by atoms with Crippen LogP contribution in [0.5, 0.6) is 0 Å². The normalized spacial score (nSPS) is 18.2.